The van der Waals surface area contributed by atoms with Crippen LogP contribution in [0.3, 0.4) is 0 Å². The highest BCUT2D eigenvalue weighted by Crippen LogP contribution is 2.20. The zero-order valence-electron chi connectivity index (χ0n) is 11.7. The van der Waals surface area contributed by atoms with Gasteiger partial charge in [-0.3, -0.25) is 0 Å². The molecule has 0 saturated heterocycles. The van der Waals surface area contributed by atoms with E-state index in [-0.39, 0.29) is 0 Å². The Labute approximate surface area is 119 Å². The second-order valence-electron chi connectivity index (χ2n) is 5.23. The van der Waals surface area contributed by atoms with E-state index in [0.717, 1.165) is 18.5 Å². The summed E-state index contributed by atoms with van der Waals surface area (Å²) in [7, 11) is 0. The summed E-state index contributed by atoms with van der Waals surface area (Å²) in [5, 5.41) is 4.77. The minimum Gasteiger partial charge on any atom is -0.464 e. The molecule has 0 fully saturated rings. The maximum atomic E-state index is 5.56. The van der Waals surface area contributed by atoms with Crippen LogP contribution in [0.15, 0.2) is 65.3 Å². The van der Waals surface area contributed by atoms with Gasteiger partial charge in [0.25, 0.3) is 0 Å². The van der Waals surface area contributed by atoms with Crippen molar-refractivity contribution < 1.29 is 4.42 Å². The number of hydrogen-bond acceptors (Lipinski definition) is 2. The van der Waals surface area contributed by atoms with Gasteiger partial charge in [-0.25, -0.2) is 0 Å². The SMILES string of the molecule is CC(Cc1ccccc1)NCc1coc2ccccc12. The van der Waals surface area contributed by atoms with Gasteiger partial charge in [0.1, 0.15) is 5.58 Å². The van der Waals surface area contributed by atoms with Gasteiger partial charge < -0.3 is 9.73 Å². The highest BCUT2D eigenvalue weighted by molar-refractivity contribution is 5.80. The fraction of sp³-hybridized carbons (Fsp3) is 0.222. The summed E-state index contributed by atoms with van der Waals surface area (Å²) < 4.78 is 5.56. The number of hydrogen-bond donors (Lipinski definition) is 1. The summed E-state index contributed by atoms with van der Waals surface area (Å²) in [5.74, 6) is 0. The molecule has 20 heavy (non-hydrogen) atoms. The second kappa shape index (κ2) is 5.93. The van der Waals surface area contributed by atoms with Gasteiger partial charge in [0.2, 0.25) is 0 Å². The van der Waals surface area contributed by atoms with Crippen LogP contribution in [0.25, 0.3) is 11.0 Å². The topological polar surface area (TPSA) is 25.2 Å². The number of nitrogens with one attached hydrogen (secondary N) is 1. The summed E-state index contributed by atoms with van der Waals surface area (Å²) in [6.07, 6.45) is 2.89. The third-order valence-electron chi connectivity index (χ3n) is 3.59. The third-order valence-corrected chi connectivity index (χ3v) is 3.59. The minimum atomic E-state index is 0.436. The summed E-state index contributed by atoms with van der Waals surface area (Å²) in [4.78, 5) is 0. The first kappa shape index (κ1) is 12.9. The average Bonchev–Trinajstić information content (AvgIpc) is 2.89. The molecule has 0 bridgehead atoms. The molecule has 1 atom stereocenters. The van der Waals surface area contributed by atoms with Gasteiger partial charge in [0.15, 0.2) is 0 Å². The van der Waals surface area contributed by atoms with Crippen LogP contribution in [0.4, 0.5) is 0 Å². The van der Waals surface area contributed by atoms with Crippen LogP contribution < -0.4 is 5.32 Å². The second-order valence-corrected chi connectivity index (χ2v) is 5.23. The van der Waals surface area contributed by atoms with E-state index in [4.69, 9.17) is 4.42 Å². The Kier molecular flexibility index (Phi) is 3.84. The molecule has 0 aliphatic carbocycles. The number of para-hydroxylation sites is 1. The molecule has 1 unspecified atom stereocenters. The molecule has 102 valence electrons. The molecular weight excluding hydrogens is 246 g/mol. The standard InChI is InChI=1S/C18H19NO/c1-14(11-15-7-3-2-4-8-15)19-12-16-13-20-18-10-6-5-9-17(16)18/h2-10,13-14,19H,11-12H2,1H3. The smallest absolute Gasteiger partial charge is 0.134 e. The lowest BCUT2D eigenvalue weighted by Gasteiger charge is -2.13. The summed E-state index contributed by atoms with van der Waals surface area (Å²) in [6, 6.07) is 19.2. The van der Waals surface area contributed by atoms with E-state index in [1.807, 2.05) is 18.4 Å². The van der Waals surface area contributed by atoms with Crippen molar-refractivity contribution in [3.05, 3.63) is 72.0 Å². The van der Waals surface area contributed by atoms with Crippen molar-refractivity contribution >= 4 is 11.0 Å². The molecule has 2 heteroatoms. The normalized spacial score (nSPS) is 12.7. The molecule has 3 rings (SSSR count). The molecule has 0 amide bonds. The number of rotatable bonds is 5. The Bertz CT molecular complexity index is 672. The van der Waals surface area contributed by atoms with Crippen molar-refractivity contribution in [3.63, 3.8) is 0 Å². The van der Waals surface area contributed by atoms with Crippen LogP contribution >= 0.6 is 0 Å². The molecule has 3 aromatic rings. The lowest BCUT2D eigenvalue weighted by atomic mass is 10.1. The molecule has 1 heterocycles. The molecule has 2 aromatic carbocycles. The van der Waals surface area contributed by atoms with E-state index in [0.29, 0.717) is 6.04 Å². The predicted octanol–water partition coefficient (Wildman–Crippen LogP) is 4.15. The molecule has 2 nitrogen and oxygen atoms in total. The maximum Gasteiger partial charge on any atom is 0.134 e. The molecular formula is C18H19NO. The summed E-state index contributed by atoms with van der Waals surface area (Å²) in [5.41, 5.74) is 3.55. The lowest BCUT2D eigenvalue weighted by molar-refractivity contribution is 0.539. The van der Waals surface area contributed by atoms with E-state index in [1.54, 1.807) is 0 Å². The molecule has 1 aromatic heterocycles. The van der Waals surface area contributed by atoms with E-state index < -0.39 is 0 Å². The van der Waals surface area contributed by atoms with Crippen LogP contribution in [0.5, 0.6) is 0 Å². The number of fused-ring (bicyclic) bond motifs is 1. The first-order valence-corrected chi connectivity index (χ1v) is 7.05. The zero-order valence-corrected chi connectivity index (χ0v) is 11.7. The van der Waals surface area contributed by atoms with Gasteiger partial charge in [-0.1, -0.05) is 48.5 Å². The van der Waals surface area contributed by atoms with E-state index in [1.165, 1.54) is 16.5 Å². The lowest BCUT2D eigenvalue weighted by Crippen LogP contribution is -2.27. The van der Waals surface area contributed by atoms with Crippen molar-refractivity contribution in [1.29, 1.82) is 0 Å². The average molecular weight is 265 g/mol. The van der Waals surface area contributed by atoms with Gasteiger partial charge in [0, 0.05) is 23.5 Å². The molecule has 0 radical (unpaired) electrons. The Morgan fingerprint density at radius 2 is 1.75 bits per heavy atom. The maximum absolute atomic E-state index is 5.56. The minimum absolute atomic E-state index is 0.436. The monoisotopic (exact) mass is 265 g/mol. The Hall–Kier alpha value is -2.06. The number of furan rings is 1. The van der Waals surface area contributed by atoms with Crippen LogP contribution in [-0.2, 0) is 13.0 Å². The summed E-state index contributed by atoms with van der Waals surface area (Å²) >= 11 is 0. The Morgan fingerprint density at radius 1 is 1.00 bits per heavy atom. The van der Waals surface area contributed by atoms with Crippen LogP contribution in [0.1, 0.15) is 18.1 Å². The van der Waals surface area contributed by atoms with E-state index >= 15 is 0 Å². The van der Waals surface area contributed by atoms with Crippen LogP contribution in [-0.4, -0.2) is 6.04 Å². The molecule has 0 aliphatic rings. The van der Waals surface area contributed by atoms with Crippen molar-refractivity contribution in [2.45, 2.75) is 25.9 Å². The first-order chi connectivity index (χ1) is 9.83. The molecule has 1 N–H and O–H groups in total. The molecule has 0 aliphatic heterocycles. The van der Waals surface area contributed by atoms with Crippen molar-refractivity contribution in [2.75, 3.05) is 0 Å². The molecule has 0 saturated carbocycles. The van der Waals surface area contributed by atoms with Gasteiger partial charge in [-0.05, 0) is 25.0 Å². The largest absolute Gasteiger partial charge is 0.464 e. The highest BCUT2D eigenvalue weighted by Gasteiger charge is 2.07. The fourth-order valence-electron chi connectivity index (χ4n) is 2.49. The Balaban J connectivity index is 1.62. The fourth-order valence-corrected chi connectivity index (χ4v) is 2.49. The zero-order chi connectivity index (χ0) is 13.8. The Morgan fingerprint density at radius 3 is 2.60 bits per heavy atom. The summed E-state index contributed by atoms with van der Waals surface area (Å²) in [6.45, 7) is 3.06. The van der Waals surface area contributed by atoms with Crippen molar-refractivity contribution in [2.24, 2.45) is 0 Å². The third kappa shape index (κ3) is 2.91. The van der Waals surface area contributed by atoms with Gasteiger partial charge in [-0.15, -0.1) is 0 Å². The highest BCUT2D eigenvalue weighted by atomic mass is 16.3. The van der Waals surface area contributed by atoms with Gasteiger partial charge >= 0.3 is 0 Å². The van der Waals surface area contributed by atoms with Gasteiger partial charge in [0.05, 0.1) is 6.26 Å². The quantitative estimate of drug-likeness (QED) is 0.749. The van der Waals surface area contributed by atoms with E-state index in [9.17, 15) is 0 Å². The molecule has 0 spiro atoms. The predicted molar refractivity (Wildman–Crippen MR) is 82.7 cm³/mol. The van der Waals surface area contributed by atoms with Crippen LogP contribution in [0.2, 0.25) is 0 Å². The van der Waals surface area contributed by atoms with Crippen LogP contribution in [0, 0.1) is 0 Å². The van der Waals surface area contributed by atoms with Crippen molar-refractivity contribution in [1.82, 2.24) is 5.32 Å². The first-order valence-electron chi connectivity index (χ1n) is 7.05. The van der Waals surface area contributed by atoms with Crippen molar-refractivity contribution in [3.8, 4) is 0 Å². The van der Waals surface area contributed by atoms with Gasteiger partial charge in [-0.2, -0.15) is 0 Å². The van der Waals surface area contributed by atoms with E-state index in [2.05, 4.69) is 54.7 Å². The number of benzene rings is 2.